The third-order valence-corrected chi connectivity index (χ3v) is 6.79. The largest absolute Gasteiger partial charge is 1.00 e. The maximum absolute atomic E-state index is 13.0. The van der Waals surface area contributed by atoms with Gasteiger partial charge in [0.2, 0.25) is 5.78 Å². The number of rotatable bonds is 7. The summed E-state index contributed by atoms with van der Waals surface area (Å²) in [5.41, 5.74) is 0.273. The first-order valence-electron chi connectivity index (χ1n) is 12.6. The van der Waals surface area contributed by atoms with Crippen molar-refractivity contribution in [2.45, 2.75) is 25.6 Å². The Morgan fingerprint density at radius 3 is 2.14 bits per heavy atom. The number of halogens is 4. The zero-order chi connectivity index (χ0) is 29.3. The first-order chi connectivity index (χ1) is 19.5. The number of pyridine rings is 1. The van der Waals surface area contributed by atoms with Gasteiger partial charge in [0.25, 0.3) is 0 Å². The van der Waals surface area contributed by atoms with E-state index in [4.69, 9.17) is 4.74 Å². The molecule has 2 N–H and O–H groups in total. The number of phenolic OH excluding ortho intramolecular Hbond substituents is 2. The van der Waals surface area contributed by atoms with Gasteiger partial charge in [0, 0.05) is 28.8 Å². The molecule has 1 aliphatic rings. The van der Waals surface area contributed by atoms with Gasteiger partial charge in [0.05, 0.1) is 28.9 Å². The molecule has 0 bridgehead atoms. The van der Waals surface area contributed by atoms with Gasteiger partial charge in [-0.05, 0) is 48.7 Å². The smallest absolute Gasteiger partial charge is 0.416 e. The predicted octanol–water partition coefficient (Wildman–Crippen LogP) is 2.02. The van der Waals surface area contributed by atoms with Crippen molar-refractivity contribution in [1.82, 2.24) is 0 Å². The van der Waals surface area contributed by atoms with Crippen molar-refractivity contribution in [2.75, 3.05) is 6.61 Å². The number of fused-ring (bicyclic) bond motifs is 2. The van der Waals surface area contributed by atoms with E-state index in [1.807, 2.05) is 29.1 Å². The molecule has 42 heavy (non-hydrogen) atoms. The van der Waals surface area contributed by atoms with Crippen molar-refractivity contribution in [1.29, 1.82) is 0 Å². The molecular weight excluding hydrogens is 619 g/mol. The van der Waals surface area contributed by atoms with E-state index in [0.717, 1.165) is 29.3 Å². The Labute approximate surface area is 248 Å². The molecule has 5 rings (SSSR count). The predicted molar refractivity (Wildman–Crippen MR) is 139 cm³/mol. The summed E-state index contributed by atoms with van der Waals surface area (Å²) in [6, 6.07) is 15.1. The maximum atomic E-state index is 13.0. The number of aryl methyl sites for hydroxylation is 1. The van der Waals surface area contributed by atoms with Crippen molar-refractivity contribution < 1.29 is 64.1 Å². The molecule has 1 aliphatic carbocycles. The maximum Gasteiger partial charge on any atom is 0.416 e. The van der Waals surface area contributed by atoms with Gasteiger partial charge in [-0.2, -0.15) is 13.2 Å². The number of aromatic hydroxyl groups is 2. The topological polar surface area (TPSA) is 105 Å². The number of carbonyl (C=O) groups excluding carboxylic acids is 3. The van der Waals surface area contributed by atoms with Crippen LogP contribution in [-0.4, -0.2) is 34.4 Å². The number of benzene rings is 3. The fourth-order valence-electron chi connectivity index (χ4n) is 4.70. The Balaban J connectivity index is 0.00000405. The number of alkyl halides is 3. The van der Waals surface area contributed by atoms with Crippen molar-refractivity contribution in [3.63, 3.8) is 0 Å². The van der Waals surface area contributed by atoms with Crippen LogP contribution in [0, 0.1) is 0 Å². The van der Waals surface area contributed by atoms with E-state index in [-0.39, 0.29) is 57.2 Å². The Morgan fingerprint density at radius 1 is 0.810 bits per heavy atom. The summed E-state index contributed by atoms with van der Waals surface area (Å²) in [5.74, 6) is -3.02. The number of ketones is 2. The number of nitrogens with zero attached hydrogens (tertiary/aromatic N) is 1. The SMILES string of the molecule is O=C(OCCCc1cc[n+](Cc2ccc(C(F)(F)F)cc2)cc1)c1cc(O)c2c(c1)C(=O)c1cccc(O)c1C2=O.[Br-]. The quantitative estimate of drug-likeness (QED) is 0.160. The summed E-state index contributed by atoms with van der Waals surface area (Å²) in [4.78, 5) is 38.4. The minimum Gasteiger partial charge on any atom is -1.00 e. The minimum absolute atomic E-state index is 0. The lowest BCUT2D eigenvalue weighted by molar-refractivity contribution is -0.688. The lowest BCUT2D eigenvalue weighted by Gasteiger charge is -2.19. The fourth-order valence-corrected chi connectivity index (χ4v) is 4.70. The number of hydrogen-bond acceptors (Lipinski definition) is 6. The van der Waals surface area contributed by atoms with Gasteiger partial charge >= 0.3 is 12.1 Å². The molecule has 216 valence electrons. The van der Waals surface area contributed by atoms with Crippen LogP contribution in [0.5, 0.6) is 11.5 Å². The Kier molecular flexibility index (Phi) is 8.81. The standard InChI is InChI=1S/C31H22F3NO6.BrH/c32-31(33,34)21-8-6-19(7-9-21)17-35-12-10-18(11-13-35)3-2-14-41-30(40)20-15-23-27(25(37)16-20)29(39)26-22(28(23)38)4-1-5-24(26)36;/h1,4-13,15-16H,2-3,14,17H2,(H-,36,37,39);1H. The molecule has 0 radical (unpaired) electrons. The molecule has 0 atom stereocenters. The third kappa shape index (κ3) is 6.20. The average Bonchev–Trinajstić information content (AvgIpc) is 2.94. The normalized spacial score (nSPS) is 12.3. The molecule has 0 spiro atoms. The summed E-state index contributed by atoms with van der Waals surface area (Å²) in [6.07, 6.45) is 0.310. The molecule has 0 fully saturated rings. The Hall–Kier alpha value is -4.51. The number of hydrogen-bond donors (Lipinski definition) is 2. The molecule has 0 saturated carbocycles. The second kappa shape index (κ2) is 12.2. The molecule has 7 nitrogen and oxygen atoms in total. The van der Waals surface area contributed by atoms with Gasteiger partial charge in [-0.25, -0.2) is 9.36 Å². The van der Waals surface area contributed by atoms with E-state index in [2.05, 4.69) is 0 Å². The molecule has 4 aromatic rings. The van der Waals surface area contributed by atoms with Gasteiger partial charge in [-0.3, -0.25) is 9.59 Å². The summed E-state index contributed by atoms with van der Waals surface area (Å²) in [7, 11) is 0. The zero-order valence-electron chi connectivity index (χ0n) is 21.8. The highest BCUT2D eigenvalue weighted by molar-refractivity contribution is 6.30. The lowest BCUT2D eigenvalue weighted by atomic mass is 9.82. The average molecular weight is 642 g/mol. The van der Waals surface area contributed by atoms with Crippen LogP contribution < -0.4 is 21.5 Å². The Morgan fingerprint density at radius 2 is 1.48 bits per heavy atom. The van der Waals surface area contributed by atoms with Crippen LogP contribution in [0.15, 0.2) is 79.1 Å². The van der Waals surface area contributed by atoms with Gasteiger partial charge in [-0.1, -0.05) is 24.3 Å². The van der Waals surface area contributed by atoms with Crippen LogP contribution in [0.1, 0.15) is 65.3 Å². The molecule has 11 heteroatoms. The van der Waals surface area contributed by atoms with Crippen LogP contribution in [0.4, 0.5) is 13.2 Å². The number of esters is 1. The first kappa shape index (κ1) is 30.4. The van der Waals surface area contributed by atoms with Crippen molar-refractivity contribution in [3.05, 3.63) is 124 Å². The van der Waals surface area contributed by atoms with Crippen LogP contribution >= 0.6 is 0 Å². The highest BCUT2D eigenvalue weighted by Gasteiger charge is 2.35. The molecular formula is C31H23BrF3NO6. The van der Waals surface area contributed by atoms with E-state index in [0.29, 0.717) is 19.4 Å². The van der Waals surface area contributed by atoms with Gasteiger partial charge in [0.15, 0.2) is 24.7 Å². The molecule has 0 amide bonds. The summed E-state index contributed by atoms with van der Waals surface area (Å²) in [6.45, 7) is 0.464. The van der Waals surface area contributed by atoms with Gasteiger partial charge in [0.1, 0.15) is 11.5 Å². The molecule has 1 heterocycles. The van der Waals surface area contributed by atoms with Crippen molar-refractivity contribution in [3.8, 4) is 11.5 Å². The second-order valence-corrected chi connectivity index (χ2v) is 9.59. The minimum atomic E-state index is -4.37. The van der Waals surface area contributed by atoms with E-state index in [9.17, 15) is 37.8 Å². The van der Waals surface area contributed by atoms with E-state index in [1.165, 1.54) is 36.4 Å². The molecule has 0 aliphatic heterocycles. The molecule has 3 aromatic carbocycles. The monoisotopic (exact) mass is 641 g/mol. The van der Waals surface area contributed by atoms with E-state index < -0.39 is 35.0 Å². The zero-order valence-corrected chi connectivity index (χ0v) is 23.4. The van der Waals surface area contributed by atoms with E-state index >= 15 is 0 Å². The lowest BCUT2D eigenvalue weighted by Crippen LogP contribution is -3.00. The number of ether oxygens (including phenoxy) is 1. The van der Waals surface area contributed by atoms with Crippen LogP contribution in [0.2, 0.25) is 0 Å². The van der Waals surface area contributed by atoms with Gasteiger partial charge < -0.3 is 31.9 Å². The van der Waals surface area contributed by atoms with E-state index in [1.54, 1.807) is 0 Å². The third-order valence-electron chi connectivity index (χ3n) is 6.79. The first-order valence-corrected chi connectivity index (χ1v) is 12.6. The van der Waals surface area contributed by atoms with Crippen LogP contribution in [0.3, 0.4) is 0 Å². The highest BCUT2D eigenvalue weighted by atomic mass is 79.9. The fraction of sp³-hybridized carbons (Fsp3) is 0.161. The van der Waals surface area contributed by atoms with Crippen LogP contribution in [0.25, 0.3) is 0 Å². The summed E-state index contributed by atoms with van der Waals surface area (Å²) < 4.78 is 45.4. The van der Waals surface area contributed by atoms with Crippen molar-refractivity contribution in [2.24, 2.45) is 0 Å². The summed E-state index contributed by atoms with van der Waals surface area (Å²) >= 11 is 0. The van der Waals surface area contributed by atoms with Crippen molar-refractivity contribution >= 4 is 17.5 Å². The Bertz CT molecular complexity index is 1670. The summed E-state index contributed by atoms with van der Waals surface area (Å²) in [5, 5.41) is 20.5. The highest BCUT2D eigenvalue weighted by Crippen LogP contribution is 2.37. The van der Waals surface area contributed by atoms with Gasteiger partial charge in [-0.15, -0.1) is 0 Å². The molecule has 1 aromatic heterocycles. The number of phenols is 2. The number of aromatic nitrogens is 1. The second-order valence-electron chi connectivity index (χ2n) is 9.59. The number of carbonyl (C=O) groups is 3. The molecule has 0 unspecified atom stereocenters. The molecule has 0 saturated heterocycles. The van der Waals surface area contributed by atoms with Crippen LogP contribution in [-0.2, 0) is 23.9 Å².